The smallest absolute Gasteiger partial charge is 0.312 e. The minimum absolute atomic E-state index is 0.0304. The van der Waals surface area contributed by atoms with Crippen LogP contribution in [-0.2, 0) is 27.3 Å². The number of hydrogen-bond acceptors (Lipinski definition) is 6. The number of hydrogen-bond donors (Lipinski definition) is 1. The third-order valence-corrected chi connectivity index (χ3v) is 4.52. The van der Waals surface area contributed by atoms with Crippen LogP contribution < -0.4 is 5.32 Å². The molecule has 0 aliphatic heterocycles. The van der Waals surface area contributed by atoms with Crippen LogP contribution in [0.2, 0.25) is 0 Å². The Labute approximate surface area is 159 Å². The molecule has 1 aromatic carbocycles. The maximum Gasteiger partial charge on any atom is 0.312 e. The van der Waals surface area contributed by atoms with Crippen molar-refractivity contribution in [3.8, 4) is 10.6 Å². The predicted molar refractivity (Wildman–Crippen MR) is 98.3 cm³/mol. The largest absolute Gasteiger partial charge is 0.455 e. The van der Waals surface area contributed by atoms with Gasteiger partial charge in [-0.1, -0.05) is 18.2 Å². The molecule has 0 aliphatic rings. The average Bonchev–Trinajstić information content (AvgIpc) is 3.15. The minimum atomic E-state index is -0.556. The van der Waals surface area contributed by atoms with E-state index in [1.165, 1.54) is 17.4 Å². The first-order chi connectivity index (χ1) is 13.1. The summed E-state index contributed by atoms with van der Waals surface area (Å²) in [6.07, 6.45) is 3.34. The second kappa shape index (κ2) is 9.00. The molecule has 3 rings (SSSR count). The van der Waals surface area contributed by atoms with Crippen LogP contribution >= 0.6 is 11.3 Å². The van der Waals surface area contributed by atoms with Gasteiger partial charge in [-0.2, -0.15) is 0 Å². The monoisotopic (exact) mass is 385 g/mol. The van der Waals surface area contributed by atoms with Crippen molar-refractivity contribution in [3.05, 3.63) is 71.2 Å². The number of benzene rings is 1. The molecule has 0 saturated carbocycles. The highest BCUT2D eigenvalue weighted by Crippen LogP contribution is 2.22. The van der Waals surface area contributed by atoms with Gasteiger partial charge >= 0.3 is 5.97 Å². The fourth-order valence-electron chi connectivity index (χ4n) is 2.24. The van der Waals surface area contributed by atoms with E-state index in [2.05, 4.69) is 15.3 Å². The van der Waals surface area contributed by atoms with Gasteiger partial charge in [0.05, 0.1) is 12.1 Å². The molecule has 2 aromatic heterocycles. The van der Waals surface area contributed by atoms with Crippen molar-refractivity contribution in [2.75, 3.05) is 6.61 Å². The lowest BCUT2D eigenvalue weighted by atomic mass is 10.2. The Morgan fingerprint density at radius 3 is 2.81 bits per heavy atom. The van der Waals surface area contributed by atoms with Crippen LogP contribution in [0.5, 0.6) is 0 Å². The van der Waals surface area contributed by atoms with Crippen molar-refractivity contribution >= 4 is 23.2 Å². The molecule has 3 aromatic rings. The zero-order chi connectivity index (χ0) is 19.1. The second-order valence-corrected chi connectivity index (χ2v) is 6.45. The number of nitrogens with zero attached hydrogens (tertiary/aromatic N) is 2. The van der Waals surface area contributed by atoms with Gasteiger partial charge < -0.3 is 10.1 Å². The first-order valence-electron chi connectivity index (χ1n) is 8.12. The number of carbonyl (C=O) groups excluding carboxylic acids is 2. The van der Waals surface area contributed by atoms with Crippen molar-refractivity contribution in [2.24, 2.45) is 0 Å². The Balaban J connectivity index is 1.44. The molecular formula is C19H16FN3O3S. The van der Waals surface area contributed by atoms with Gasteiger partial charge in [0.25, 0.3) is 5.91 Å². The van der Waals surface area contributed by atoms with Crippen molar-refractivity contribution in [2.45, 2.75) is 13.0 Å². The summed E-state index contributed by atoms with van der Waals surface area (Å²) in [5.41, 5.74) is 1.80. The summed E-state index contributed by atoms with van der Waals surface area (Å²) in [5.74, 6) is -1.46. The lowest BCUT2D eigenvalue weighted by molar-refractivity contribution is -0.147. The fourth-order valence-corrected chi connectivity index (χ4v) is 3.05. The molecule has 0 saturated heterocycles. The van der Waals surface area contributed by atoms with Crippen LogP contribution in [0, 0.1) is 5.82 Å². The van der Waals surface area contributed by atoms with Crippen molar-refractivity contribution in [1.29, 1.82) is 0 Å². The summed E-state index contributed by atoms with van der Waals surface area (Å²) in [4.78, 5) is 32.0. The SMILES string of the molecule is O=C(COC(=O)Cc1csc(-c2cccnc2)n1)NCc1ccccc1F. The standard InChI is InChI=1S/C19H16FN3O3S/c20-16-6-2-1-4-13(16)10-22-17(24)11-26-18(25)8-15-12-27-19(23-15)14-5-3-7-21-9-14/h1-7,9,12H,8,10-11H2,(H,22,24). The van der Waals surface area contributed by atoms with Gasteiger partial charge in [-0.3, -0.25) is 14.6 Å². The average molecular weight is 385 g/mol. The molecule has 0 aliphatic carbocycles. The molecule has 0 atom stereocenters. The molecule has 2 heterocycles. The Bertz CT molecular complexity index is 931. The summed E-state index contributed by atoms with van der Waals surface area (Å²) in [6, 6.07) is 9.83. The van der Waals surface area contributed by atoms with Gasteiger partial charge in [-0.25, -0.2) is 9.37 Å². The number of esters is 1. The van der Waals surface area contributed by atoms with Crippen molar-refractivity contribution in [3.63, 3.8) is 0 Å². The minimum Gasteiger partial charge on any atom is -0.455 e. The van der Waals surface area contributed by atoms with E-state index in [4.69, 9.17) is 4.74 Å². The van der Waals surface area contributed by atoms with Crippen LogP contribution in [0.1, 0.15) is 11.3 Å². The number of halogens is 1. The molecule has 0 fully saturated rings. The normalized spacial score (nSPS) is 10.4. The lowest BCUT2D eigenvalue weighted by Crippen LogP contribution is -2.29. The summed E-state index contributed by atoms with van der Waals surface area (Å²) >= 11 is 1.40. The van der Waals surface area contributed by atoms with E-state index in [1.54, 1.807) is 36.0 Å². The van der Waals surface area contributed by atoms with Gasteiger partial charge in [0.2, 0.25) is 0 Å². The van der Waals surface area contributed by atoms with Gasteiger partial charge in [-0.05, 0) is 18.2 Å². The molecule has 138 valence electrons. The number of thiazole rings is 1. The highest BCUT2D eigenvalue weighted by Gasteiger charge is 2.12. The molecule has 1 N–H and O–H groups in total. The Kier molecular flexibility index (Phi) is 6.22. The number of rotatable bonds is 7. The van der Waals surface area contributed by atoms with E-state index in [0.29, 0.717) is 11.3 Å². The number of ether oxygens (including phenoxy) is 1. The molecule has 6 nitrogen and oxygen atoms in total. The summed E-state index contributed by atoms with van der Waals surface area (Å²) < 4.78 is 18.4. The highest BCUT2D eigenvalue weighted by molar-refractivity contribution is 7.13. The number of amides is 1. The van der Waals surface area contributed by atoms with E-state index in [9.17, 15) is 14.0 Å². The second-order valence-electron chi connectivity index (χ2n) is 5.59. The molecule has 0 bridgehead atoms. The van der Waals surface area contributed by atoms with Crippen molar-refractivity contribution < 1.29 is 18.7 Å². The maximum atomic E-state index is 13.5. The molecule has 0 unspecified atom stereocenters. The Morgan fingerprint density at radius 1 is 1.19 bits per heavy atom. The summed E-state index contributed by atoms with van der Waals surface area (Å²) in [5, 5.41) is 5.03. The third-order valence-electron chi connectivity index (χ3n) is 3.58. The molecule has 0 spiro atoms. The first kappa shape index (κ1) is 18.7. The van der Waals surface area contributed by atoms with Gasteiger partial charge in [0.1, 0.15) is 10.8 Å². The van der Waals surface area contributed by atoms with Crippen LogP contribution in [-0.4, -0.2) is 28.5 Å². The summed E-state index contributed by atoms with van der Waals surface area (Å²) in [6.45, 7) is -0.392. The van der Waals surface area contributed by atoms with E-state index in [-0.39, 0.29) is 13.0 Å². The van der Waals surface area contributed by atoms with E-state index in [0.717, 1.165) is 10.6 Å². The summed E-state index contributed by atoms with van der Waals surface area (Å²) in [7, 11) is 0. The van der Waals surface area contributed by atoms with Gasteiger partial charge in [0, 0.05) is 35.4 Å². The topological polar surface area (TPSA) is 81.2 Å². The van der Waals surface area contributed by atoms with Gasteiger partial charge in [0.15, 0.2) is 6.61 Å². The molecular weight excluding hydrogens is 369 g/mol. The lowest BCUT2D eigenvalue weighted by Gasteiger charge is -2.07. The molecule has 0 radical (unpaired) electrons. The zero-order valence-electron chi connectivity index (χ0n) is 14.2. The predicted octanol–water partition coefficient (Wildman–Crippen LogP) is 2.75. The van der Waals surface area contributed by atoms with Crippen LogP contribution in [0.4, 0.5) is 4.39 Å². The van der Waals surface area contributed by atoms with E-state index < -0.39 is 24.3 Å². The quantitative estimate of drug-likeness (QED) is 0.633. The first-order valence-corrected chi connectivity index (χ1v) is 9.00. The van der Waals surface area contributed by atoms with Gasteiger partial charge in [-0.15, -0.1) is 11.3 Å². The van der Waals surface area contributed by atoms with E-state index >= 15 is 0 Å². The zero-order valence-corrected chi connectivity index (χ0v) is 15.0. The fraction of sp³-hybridized carbons (Fsp3) is 0.158. The Hall–Kier alpha value is -3.13. The molecule has 8 heteroatoms. The maximum absolute atomic E-state index is 13.5. The third kappa shape index (κ3) is 5.42. The van der Waals surface area contributed by atoms with E-state index in [1.807, 2.05) is 12.1 Å². The molecule has 1 amide bonds. The Morgan fingerprint density at radius 2 is 2.04 bits per heavy atom. The van der Waals surface area contributed by atoms with Crippen LogP contribution in [0.15, 0.2) is 54.2 Å². The van der Waals surface area contributed by atoms with Crippen LogP contribution in [0.25, 0.3) is 10.6 Å². The molecule has 27 heavy (non-hydrogen) atoms. The highest BCUT2D eigenvalue weighted by atomic mass is 32.1. The number of pyridine rings is 1. The number of carbonyl (C=O) groups is 2. The van der Waals surface area contributed by atoms with Crippen molar-refractivity contribution in [1.82, 2.24) is 15.3 Å². The van der Waals surface area contributed by atoms with Crippen LogP contribution in [0.3, 0.4) is 0 Å². The number of nitrogens with one attached hydrogen (secondary N) is 1. The number of aromatic nitrogens is 2.